The van der Waals surface area contributed by atoms with Crippen LogP contribution >= 0.6 is 0 Å². The van der Waals surface area contributed by atoms with E-state index in [-0.39, 0.29) is 17.9 Å². The summed E-state index contributed by atoms with van der Waals surface area (Å²) in [5, 5.41) is 18.6. The van der Waals surface area contributed by atoms with Crippen LogP contribution in [0.2, 0.25) is 0 Å². The Morgan fingerprint density at radius 2 is 1.85 bits per heavy atom. The van der Waals surface area contributed by atoms with Crippen LogP contribution < -0.4 is 4.72 Å². The molecule has 110 valence electrons. The third-order valence-corrected chi connectivity index (χ3v) is 4.76. The summed E-state index contributed by atoms with van der Waals surface area (Å²) in [5.41, 5.74) is -0.286. The second-order valence-corrected chi connectivity index (χ2v) is 6.97. The fourth-order valence-corrected chi connectivity index (χ4v) is 3.24. The Balaban J connectivity index is 1.95. The van der Waals surface area contributed by atoms with Gasteiger partial charge in [0.15, 0.2) is 0 Å². The van der Waals surface area contributed by atoms with E-state index in [1.54, 1.807) is 0 Å². The average Bonchev–Trinajstić information content (AvgIpc) is 2.34. The van der Waals surface area contributed by atoms with Crippen molar-refractivity contribution in [2.24, 2.45) is 0 Å². The van der Waals surface area contributed by atoms with Gasteiger partial charge >= 0.3 is 5.97 Å². The normalized spacial score (nSPS) is 17.4. The molecule has 1 aromatic carbocycles. The molecule has 2 rings (SSSR count). The summed E-state index contributed by atoms with van der Waals surface area (Å²) in [7, 11) is -3.53. The standard InChI is InChI=1S/C13H17NO5S/c15-12(16)11-4-2-10(3-5-11)8-20(18,19)14-9-13(17)6-1-7-13/h2-5,14,17H,1,6-9H2,(H,15,16). The van der Waals surface area contributed by atoms with E-state index in [1.165, 1.54) is 24.3 Å². The highest BCUT2D eigenvalue weighted by atomic mass is 32.2. The van der Waals surface area contributed by atoms with Gasteiger partial charge in [-0.2, -0.15) is 0 Å². The number of rotatable bonds is 6. The van der Waals surface area contributed by atoms with E-state index >= 15 is 0 Å². The summed E-state index contributed by atoms with van der Waals surface area (Å²) in [6, 6.07) is 5.68. The zero-order chi connectivity index (χ0) is 14.8. The van der Waals surface area contributed by atoms with Crippen molar-refractivity contribution < 1.29 is 23.4 Å². The summed E-state index contributed by atoms with van der Waals surface area (Å²) in [6.45, 7) is 0.0303. The van der Waals surface area contributed by atoms with Crippen molar-refractivity contribution in [1.82, 2.24) is 4.72 Å². The largest absolute Gasteiger partial charge is 0.478 e. The van der Waals surface area contributed by atoms with Gasteiger partial charge in [-0.05, 0) is 37.0 Å². The summed E-state index contributed by atoms with van der Waals surface area (Å²) >= 11 is 0. The van der Waals surface area contributed by atoms with Crippen LogP contribution in [0, 0.1) is 0 Å². The quantitative estimate of drug-likeness (QED) is 0.718. The number of hydrogen-bond acceptors (Lipinski definition) is 4. The Hall–Kier alpha value is -1.44. The predicted molar refractivity (Wildman–Crippen MR) is 72.8 cm³/mol. The summed E-state index contributed by atoms with van der Waals surface area (Å²) < 4.78 is 26.1. The minimum Gasteiger partial charge on any atom is -0.478 e. The van der Waals surface area contributed by atoms with Gasteiger partial charge in [-0.3, -0.25) is 0 Å². The van der Waals surface area contributed by atoms with Gasteiger partial charge in [-0.15, -0.1) is 0 Å². The second kappa shape index (κ2) is 5.51. The van der Waals surface area contributed by atoms with E-state index in [1.807, 2.05) is 0 Å². The smallest absolute Gasteiger partial charge is 0.335 e. The van der Waals surface area contributed by atoms with Gasteiger partial charge in [0, 0.05) is 6.54 Å². The van der Waals surface area contributed by atoms with E-state index in [9.17, 15) is 18.3 Å². The van der Waals surface area contributed by atoms with Crippen LogP contribution in [0.3, 0.4) is 0 Å². The molecular weight excluding hydrogens is 282 g/mol. The van der Waals surface area contributed by atoms with Crippen molar-refractivity contribution in [3.63, 3.8) is 0 Å². The lowest BCUT2D eigenvalue weighted by molar-refractivity contribution is -0.0271. The fourth-order valence-electron chi connectivity index (χ4n) is 2.02. The second-order valence-electron chi connectivity index (χ2n) is 5.16. The molecule has 0 amide bonds. The lowest BCUT2D eigenvalue weighted by Crippen LogP contribution is -2.47. The van der Waals surface area contributed by atoms with Crippen LogP contribution in [0.4, 0.5) is 0 Å². The van der Waals surface area contributed by atoms with E-state index in [2.05, 4.69) is 4.72 Å². The Bertz CT molecular complexity index is 590. The zero-order valence-electron chi connectivity index (χ0n) is 10.9. The molecule has 0 aliphatic heterocycles. The predicted octanol–water partition coefficient (Wildman–Crippen LogP) is 0.719. The number of hydrogen-bond donors (Lipinski definition) is 3. The van der Waals surface area contributed by atoms with Crippen molar-refractivity contribution in [1.29, 1.82) is 0 Å². The molecule has 0 spiro atoms. The zero-order valence-corrected chi connectivity index (χ0v) is 11.7. The van der Waals surface area contributed by atoms with Crippen molar-refractivity contribution in [3.05, 3.63) is 35.4 Å². The van der Waals surface area contributed by atoms with Crippen LogP contribution in [-0.4, -0.2) is 36.7 Å². The molecule has 1 aromatic rings. The third kappa shape index (κ3) is 3.78. The van der Waals surface area contributed by atoms with Crippen molar-refractivity contribution in [3.8, 4) is 0 Å². The molecule has 0 saturated heterocycles. The number of carboxylic acids is 1. The first-order valence-electron chi connectivity index (χ1n) is 6.32. The Morgan fingerprint density at radius 3 is 2.30 bits per heavy atom. The van der Waals surface area contributed by atoms with Gasteiger partial charge in [0.05, 0.1) is 16.9 Å². The number of aromatic carboxylic acids is 1. The molecule has 1 aliphatic rings. The Kier molecular flexibility index (Phi) is 4.12. The number of carboxylic acid groups (broad SMARTS) is 1. The van der Waals surface area contributed by atoms with Crippen molar-refractivity contribution >= 4 is 16.0 Å². The van der Waals surface area contributed by atoms with Gasteiger partial charge in [-0.1, -0.05) is 12.1 Å². The first-order valence-corrected chi connectivity index (χ1v) is 7.97. The van der Waals surface area contributed by atoms with Gasteiger partial charge in [0.2, 0.25) is 10.0 Å². The lowest BCUT2D eigenvalue weighted by atomic mass is 9.81. The molecule has 0 bridgehead atoms. The van der Waals surface area contributed by atoms with Crippen LogP contribution in [0.5, 0.6) is 0 Å². The van der Waals surface area contributed by atoms with Crippen LogP contribution in [0.15, 0.2) is 24.3 Å². The maximum Gasteiger partial charge on any atom is 0.335 e. The molecule has 1 aliphatic carbocycles. The molecule has 0 atom stereocenters. The maximum absolute atomic E-state index is 11.9. The molecule has 0 radical (unpaired) electrons. The van der Waals surface area contributed by atoms with Crippen molar-refractivity contribution in [2.45, 2.75) is 30.6 Å². The Morgan fingerprint density at radius 1 is 1.25 bits per heavy atom. The number of benzene rings is 1. The SMILES string of the molecule is O=C(O)c1ccc(CS(=O)(=O)NCC2(O)CCC2)cc1. The first-order chi connectivity index (χ1) is 9.30. The molecule has 0 heterocycles. The molecule has 3 N–H and O–H groups in total. The van der Waals surface area contributed by atoms with Gasteiger partial charge < -0.3 is 10.2 Å². The third-order valence-electron chi connectivity index (χ3n) is 3.46. The van der Waals surface area contributed by atoms with Gasteiger partial charge in [0.1, 0.15) is 0 Å². The lowest BCUT2D eigenvalue weighted by Gasteiger charge is -2.36. The fraction of sp³-hybridized carbons (Fsp3) is 0.462. The number of nitrogens with one attached hydrogen (secondary N) is 1. The van der Waals surface area contributed by atoms with Gasteiger partial charge in [-0.25, -0.2) is 17.9 Å². The molecule has 20 heavy (non-hydrogen) atoms. The van der Waals surface area contributed by atoms with Crippen LogP contribution in [-0.2, 0) is 15.8 Å². The van der Waals surface area contributed by atoms with Crippen LogP contribution in [0.1, 0.15) is 35.2 Å². The molecular formula is C13H17NO5S. The number of sulfonamides is 1. The molecule has 7 heteroatoms. The molecule has 1 fully saturated rings. The highest BCUT2D eigenvalue weighted by molar-refractivity contribution is 7.88. The topological polar surface area (TPSA) is 104 Å². The average molecular weight is 299 g/mol. The Labute approximate surface area is 117 Å². The molecule has 1 saturated carbocycles. The van der Waals surface area contributed by atoms with Gasteiger partial charge in [0.25, 0.3) is 0 Å². The maximum atomic E-state index is 11.9. The van der Waals surface area contributed by atoms with Crippen LogP contribution in [0.25, 0.3) is 0 Å². The number of carbonyl (C=O) groups is 1. The molecule has 0 aromatic heterocycles. The minimum absolute atomic E-state index is 0.0303. The van der Waals surface area contributed by atoms with E-state index in [0.29, 0.717) is 18.4 Å². The number of aliphatic hydroxyl groups is 1. The summed E-state index contributed by atoms with van der Waals surface area (Å²) in [5.74, 6) is -1.28. The monoisotopic (exact) mass is 299 g/mol. The first kappa shape index (κ1) is 15.0. The molecule has 6 nitrogen and oxygen atoms in total. The summed E-state index contributed by atoms with van der Waals surface area (Å²) in [4.78, 5) is 10.7. The molecule has 0 unspecified atom stereocenters. The van der Waals surface area contributed by atoms with E-state index in [0.717, 1.165) is 6.42 Å². The van der Waals surface area contributed by atoms with E-state index in [4.69, 9.17) is 5.11 Å². The highest BCUT2D eigenvalue weighted by Gasteiger charge is 2.35. The summed E-state index contributed by atoms with van der Waals surface area (Å²) in [6.07, 6.45) is 2.14. The van der Waals surface area contributed by atoms with E-state index < -0.39 is 21.6 Å². The van der Waals surface area contributed by atoms with Crippen molar-refractivity contribution in [2.75, 3.05) is 6.54 Å². The highest BCUT2D eigenvalue weighted by Crippen LogP contribution is 2.30. The minimum atomic E-state index is -3.53.